The lowest BCUT2D eigenvalue weighted by Crippen LogP contribution is -2.67. The van der Waals surface area contributed by atoms with Gasteiger partial charge in [-0.15, -0.1) is 0 Å². The van der Waals surface area contributed by atoms with Gasteiger partial charge in [-0.2, -0.15) is 9.97 Å². The smallest absolute Gasteiger partial charge is 0.319 e. The molecule has 0 radical (unpaired) electrons. The van der Waals surface area contributed by atoms with Gasteiger partial charge in [-0.1, -0.05) is 45.0 Å². The number of rotatable bonds is 8. The minimum Gasteiger partial charge on any atom is -0.508 e. The molecule has 4 aliphatic rings. The maximum atomic E-state index is 16.7. The molecular formula is C35H43F2N5O2. The van der Waals surface area contributed by atoms with E-state index in [1.54, 1.807) is 12.1 Å². The van der Waals surface area contributed by atoms with Crippen LogP contribution in [0.4, 0.5) is 14.6 Å². The highest BCUT2D eigenvalue weighted by Crippen LogP contribution is 2.47. The molecule has 44 heavy (non-hydrogen) atoms. The third kappa shape index (κ3) is 5.45. The standard InChI is InChI=1S/C33H37F2N5O2.C2H6/c1-4-27-26-10-9-20(16-36-26)40(27)31-24-15-25(34)28(23-14-21(41)13-19-7-5-6-8-22(19)23)29(35)30(24)37-32(38-31)42-18-33(11-12-33)17-39(2)3;1-2/h5-8,13-15,20,26-27,36,41H,4,9-12,16-18H2,1-3H3;1-2H3/t20-,26?,27?;/m0./s1. The van der Waals surface area contributed by atoms with Gasteiger partial charge in [-0.05, 0) is 80.7 Å². The van der Waals surface area contributed by atoms with Crippen molar-refractivity contribution in [2.24, 2.45) is 5.41 Å². The average molecular weight is 604 g/mol. The van der Waals surface area contributed by atoms with Crippen LogP contribution in [0.15, 0.2) is 42.5 Å². The molecule has 4 aromatic rings. The minimum atomic E-state index is -0.781. The molecule has 3 aliphatic heterocycles. The molecule has 234 valence electrons. The summed E-state index contributed by atoms with van der Waals surface area (Å²) in [6.07, 6.45) is 5.04. The summed E-state index contributed by atoms with van der Waals surface area (Å²) in [5.41, 5.74) is 0.126. The van der Waals surface area contributed by atoms with Crippen LogP contribution < -0.4 is 15.0 Å². The number of hydrogen-bond donors (Lipinski definition) is 2. The Kier molecular flexibility index (Phi) is 8.37. The maximum Gasteiger partial charge on any atom is 0.319 e. The van der Waals surface area contributed by atoms with Gasteiger partial charge in [0.2, 0.25) is 0 Å². The van der Waals surface area contributed by atoms with Crippen molar-refractivity contribution in [3.63, 3.8) is 0 Å². The fourth-order valence-electron chi connectivity index (χ4n) is 7.29. The van der Waals surface area contributed by atoms with E-state index in [0.29, 0.717) is 28.6 Å². The second-order valence-electron chi connectivity index (χ2n) is 12.6. The van der Waals surface area contributed by atoms with Gasteiger partial charge in [0.1, 0.15) is 22.9 Å². The normalized spacial score (nSPS) is 21.9. The Labute approximate surface area is 258 Å². The summed E-state index contributed by atoms with van der Waals surface area (Å²) >= 11 is 0. The molecule has 7 nitrogen and oxygen atoms in total. The van der Waals surface area contributed by atoms with E-state index in [-0.39, 0.29) is 51.9 Å². The monoisotopic (exact) mass is 603 g/mol. The van der Waals surface area contributed by atoms with E-state index in [9.17, 15) is 5.11 Å². The van der Waals surface area contributed by atoms with E-state index in [1.165, 1.54) is 12.1 Å². The number of anilines is 1. The van der Waals surface area contributed by atoms with Gasteiger partial charge in [-0.3, -0.25) is 0 Å². The van der Waals surface area contributed by atoms with Crippen molar-refractivity contribution in [3.05, 3.63) is 54.1 Å². The van der Waals surface area contributed by atoms with Gasteiger partial charge in [0.05, 0.1) is 12.2 Å². The SMILES string of the molecule is CC.CCC1C2CC[C@@H](CN2)N1c1nc(OCC2(CN(C)C)CC2)nc2c(F)c(-c3cc(O)cc4ccccc34)c(F)cc12. The molecule has 4 heterocycles. The molecule has 4 fully saturated rings. The van der Waals surface area contributed by atoms with Crippen LogP contribution in [0.3, 0.4) is 0 Å². The molecule has 1 aliphatic carbocycles. The Bertz CT molecular complexity index is 1670. The Hall–Kier alpha value is -3.56. The van der Waals surface area contributed by atoms with E-state index < -0.39 is 11.6 Å². The van der Waals surface area contributed by atoms with Crippen LogP contribution in [0.2, 0.25) is 0 Å². The second kappa shape index (κ2) is 12.1. The number of aromatic nitrogens is 2. The van der Waals surface area contributed by atoms with Crippen molar-refractivity contribution >= 4 is 27.5 Å². The van der Waals surface area contributed by atoms with Crippen LogP contribution in [0.5, 0.6) is 11.8 Å². The quantitative estimate of drug-likeness (QED) is 0.227. The molecule has 3 saturated heterocycles. The van der Waals surface area contributed by atoms with Crippen molar-refractivity contribution in [1.82, 2.24) is 20.2 Å². The number of piperidine rings is 2. The number of nitrogens with zero attached hydrogens (tertiary/aromatic N) is 4. The molecule has 2 bridgehead atoms. The maximum absolute atomic E-state index is 16.7. The molecule has 0 spiro atoms. The van der Waals surface area contributed by atoms with Gasteiger partial charge in [0.25, 0.3) is 0 Å². The molecule has 2 N–H and O–H groups in total. The summed E-state index contributed by atoms with van der Waals surface area (Å²) in [4.78, 5) is 13.9. The number of phenolic OH excluding ortho intramolecular Hbond substituents is 1. The number of hydrogen-bond acceptors (Lipinski definition) is 7. The Morgan fingerprint density at radius 3 is 2.52 bits per heavy atom. The predicted molar refractivity (Wildman–Crippen MR) is 172 cm³/mol. The number of fused-ring (bicyclic) bond motifs is 5. The van der Waals surface area contributed by atoms with Crippen LogP contribution >= 0.6 is 0 Å². The van der Waals surface area contributed by atoms with Gasteiger partial charge in [-0.25, -0.2) is 8.78 Å². The zero-order valence-corrected chi connectivity index (χ0v) is 26.3. The van der Waals surface area contributed by atoms with E-state index >= 15 is 8.78 Å². The van der Waals surface area contributed by atoms with E-state index in [4.69, 9.17) is 9.72 Å². The first-order valence-electron chi connectivity index (χ1n) is 16.0. The molecular weight excluding hydrogens is 560 g/mol. The molecule has 9 heteroatoms. The number of benzene rings is 3. The lowest BCUT2D eigenvalue weighted by Gasteiger charge is -2.52. The predicted octanol–water partition coefficient (Wildman–Crippen LogP) is 6.90. The molecule has 3 atom stereocenters. The van der Waals surface area contributed by atoms with Crippen LogP contribution in [0.1, 0.15) is 52.9 Å². The summed E-state index contributed by atoms with van der Waals surface area (Å²) in [7, 11) is 4.09. The van der Waals surface area contributed by atoms with Crippen LogP contribution in [-0.4, -0.2) is 71.9 Å². The third-order valence-electron chi connectivity index (χ3n) is 9.38. The molecule has 1 aromatic heterocycles. The summed E-state index contributed by atoms with van der Waals surface area (Å²) in [6, 6.07) is 12.3. The zero-order chi connectivity index (χ0) is 31.2. The van der Waals surface area contributed by atoms with Crippen molar-refractivity contribution in [2.75, 3.05) is 38.7 Å². The second-order valence-corrected chi connectivity index (χ2v) is 12.6. The highest BCUT2D eigenvalue weighted by molar-refractivity contribution is 6.01. The zero-order valence-electron chi connectivity index (χ0n) is 26.3. The van der Waals surface area contributed by atoms with Crippen molar-refractivity contribution in [2.45, 2.75) is 71.0 Å². The van der Waals surface area contributed by atoms with Gasteiger partial charge >= 0.3 is 6.01 Å². The fraction of sp³-hybridized carbons (Fsp3) is 0.486. The van der Waals surface area contributed by atoms with Gasteiger partial charge in [0, 0.05) is 42.0 Å². The minimum absolute atomic E-state index is 0.0283. The number of ether oxygens (including phenoxy) is 1. The summed E-state index contributed by atoms with van der Waals surface area (Å²) < 4.78 is 39.1. The van der Waals surface area contributed by atoms with Crippen LogP contribution in [-0.2, 0) is 0 Å². The topological polar surface area (TPSA) is 73.8 Å². The highest BCUT2D eigenvalue weighted by atomic mass is 19.1. The van der Waals surface area contributed by atoms with E-state index in [2.05, 4.69) is 27.0 Å². The van der Waals surface area contributed by atoms with Crippen LogP contribution in [0.25, 0.3) is 32.8 Å². The number of nitrogens with one attached hydrogen (secondary N) is 1. The molecule has 1 saturated carbocycles. The Morgan fingerprint density at radius 2 is 1.84 bits per heavy atom. The Balaban J connectivity index is 0.00000168. The number of phenols is 1. The lowest BCUT2D eigenvalue weighted by atomic mass is 9.85. The first-order chi connectivity index (χ1) is 21.3. The summed E-state index contributed by atoms with van der Waals surface area (Å²) in [6.45, 7) is 8.27. The number of halogens is 2. The van der Waals surface area contributed by atoms with Crippen molar-refractivity contribution < 1.29 is 18.6 Å². The largest absolute Gasteiger partial charge is 0.508 e. The first kappa shape index (κ1) is 30.5. The van der Waals surface area contributed by atoms with E-state index in [1.807, 2.05) is 46.1 Å². The molecule has 8 rings (SSSR count). The molecule has 2 unspecified atom stereocenters. The third-order valence-corrected chi connectivity index (χ3v) is 9.38. The molecule has 3 aromatic carbocycles. The molecule has 0 amide bonds. The lowest BCUT2D eigenvalue weighted by molar-refractivity contribution is 0.182. The fourth-order valence-corrected chi connectivity index (χ4v) is 7.29. The van der Waals surface area contributed by atoms with Gasteiger partial charge in [0.15, 0.2) is 5.82 Å². The van der Waals surface area contributed by atoms with E-state index in [0.717, 1.165) is 45.2 Å². The van der Waals surface area contributed by atoms with Crippen molar-refractivity contribution in [3.8, 4) is 22.9 Å². The number of piperazine rings is 1. The Morgan fingerprint density at radius 1 is 1.07 bits per heavy atom. The van der Waals surface area contributed by atoms with Crippen molar-refractivity contribution in [1.29, 1.82) is 0 Å². The first-order valence-corrected chi connectivity index (χ1v) is 16.0. The summed E-state index contributed by atoms with van der Waals surface area (Å²) in [5.74, 6) is -1.03. The average Bonchev–Trinajstić information content (AvgIpc) is 3.79. The highest BCUT2D eigenvalue weighted by Gasteiger charge is 2.45. The van der Waals surface area contributed by atoms with Crippen LogP contribution in [0, 0.1) is 17.0 Å². The van der Waals surface area contributed by atoms with Gasteiger partial charge < -0.3 is 25.0 Å². The number of aromatic hydroxyl groups is 1. The summed E-state index contributed by atoms with van der Waals surface area (Å²) in [5, 5.41) is 15.8.